The highest BCUT2D eigenvalue weighted by Gasteiger charge is 1.95. The van der Waals surface area contributed by atoms with Gasteiger partial charge in [-0.15, -0.1) is 0 Å². The van der Waals surface area contributed by atoms with Gasteiger partial charge in [0.1, 0.15) is 0 Å². The summed E-state index contributed by atoms with van der Waals surface area (Å²) in [4.78, 5) is 8.04. The predicted octanol–water partition coefficient (Wildman–Crippen LogP) is 0.543. The molecule has 1 N–H and O–H groups in total. The molecule has 0 spiro atoms. The SMILES string of the molecule is COCCNc1ncc(OC)cn1. The Labute approximate surface area is 77.1 Å². The first kappa shape index (κ1) is 9.73. The van der Waals surface area contributed by atoms with Crippen molar-refractivity contribution in [2.45, 2.75) is 0 Å². The molecule has 72 valence electrons. The van der Waals surface area contributed by atoms with Crippen molar-refractivity contribution in [3.8, 4) is 5.75 Å². The Balaban J connectivity index is 2.40. The maximum atomic E-state index is 4.92. The summed E-state index contributed by atoms with van der Waals surface area (Å²) in [6, 6.07) is 0. The monoisotopic (exact) mass is 183 g/mol. The number of ether oxygens (including phenoxy) is 2. The molecule has 1 aromatic rings. The Kier molecular flexibility index (Phi) is 3.98. The highest BCUT2D eigenvalue weighted by atomic mass is 16.5. The summed E-state index contributed by atoms with van der Waals surface area (Å²) in [6.07, 6.45) is 3.23. The fourth-order valence-corrected chi connectivity index (χ4v) is 0.778. The summed E-state index contributed by atoms with van der Waals surface area (Å²) >= 11 is 0. The van der Waals surface area contributed by atoms with Gasteiger partial charge in [-0.1, -0.05) is 0 Å². The zero-order chi connectivity index (χ0) is 9.52. The van der Waals surface area contributed by atoms with E-state index in [0.717, 1.165) is 0 Å². The first-order chi connectivity index (χ1) is 6.36. The lowest BCUT2D eigenvalue weighted by atomic mass is 10.6. The average Bonchev–Trinajstić information content (AvgIpc) is 2.19. The molecule has 0 saturated heterocycles. The third kappa shape index (κ3) is 3.25. The van der Waals surface area contributed by atoms with Crippen molar-refractivity contribution in [2.24, 2.45) is 0 Å². The Morgan fingerprint density at radius 3 is 2.54 bits per heavy atom. The van der Waals surface area contributed by atoms with Gasteiger partial charge in [-0.25, -0.2) is 9.97 Å². The lowest BCUT2D eigenvalue weighted by Gasteiger charge is -2.03. The van der Waals surface area contributed by atoms with E-state index in [1.165, 1.54) is 0 Å². The number of methoxy groups -OCH3 is 2. The van der Waals surface area contributed by atoms with Gasteiger partial charge in [0.2, 0.25) is 5.95 Å². The number of nitrogens with zero attached hydrogens (tertiary/aromatic N) is 2. The van der Waals surface area contributed by atoms with Gasteiger partial charge in [-0.3, -0.25) is 0 Å². The van der Waals surface area contributed by atoms with Crippen LogP contribution in [0, 0.1) is 0 Å². The van der Waals surface area contributed by atoms with E-state index >= 15 is 0 Å². The minimum Gasteiger partial charge on any atom is -0.494 e. The first-order valence-corrected chi connectivity index (χ1v) is 3.95. The van der Waals surface area contributed by atoms with Crippen molar-refractivity contribution in [3.05, 3.63) is 12.4 Å². The van der Waals surface area contributed by atoms with Crippen molar-refractivity contribution >= 4 is 5.95 Å². The van der Waals surface area contributed by atoms with Crippen LogP contribution in [-0.2, 0) is 4.74 Å². The van der Waals surface area contributed by atoms with Crippen molar-refractivity contribution in [2.75, 3.05) is 32.7 Å². The Morgan fingerprint density at radius 2 is 2.00 bits per heavy atom. The second kappa shape index (κ2) is 5.31. The molecule has 0 fully saturated rings. The molecule has 0 aliphatic carbocycles. The van der Waals surface area contributed by atoms with Gasteiger partial charge in [0.25, 0.3) is 0 Å². The van der Waals surface area contributed by atoms with Crippen LogP contribution in [0.25, 0.3) is 0 Å². The largest absolute Gasteiger partial charge is 0.494 e. The number of hydrogen-bond donors (Lipinski definition) is 1. The molecule has 1 rings (SSSR count). The first-order valence-electron chi connectivity index (χ1n) is 3.95. The van der Waals surface area contributed by atoms with E-state index < -0.39 is 0 Å². The van der Waals surface area contributed by atoms with Crippen molar-refractivity contribution < 1.29 is 9.47 Å². The standard InChI is InChI=1S/C8H13N3O2/c1-12-4-3-9-8-10-5-7(13-2)6-11-8/h5-6H,3-4H2,1-2H3,(H,9,10,11). The number of aromatic nitrogens is 2. The van der Waals surface area contributed by atoms with E-state index in [2.05, 4.69) is 15.3 Å². The Morgan fingerprint density at radius 1 is 1.31 bits per heavy atom. The number of nitrogens with one attached hydrogen (secondary N) is 1. The second-order valence-electron chi connectivity index (χ2n) is 2.37. The molecule has 1 heterocycles. The summed E-state index contributed by atoms with van der Waals surface area (Å²) < 4.78 is 9.78. The number of hydrogen-bond acceptors (Lipinski definition) is 5. The van der Waals surface area contributed by atoms with Crippen LogP contribution in [0.5, 0.6) is 5.75 Å². The normalized spacial score (nSPS) is 9.69. The molecule has 0 aliphatic heterocycles. The predicted molar refractivity (Wildman–Crippen MR) is 48.9 cm³/mol. The third-order valence-corrected chi connectivity index (χ3v) is 1.45. The minimum absolute atomic E-state index is 0.581. The topological polar surface area (TPSA) is 56.3 Å². The molecule has 13 heavy (non-hydrogen) atoms. The molecule has 0 saturated carbocycles. The number of anilines is 1. The zero-order valence-corrected chi connectivity index (χ0v) is 7.78. The molecule has 5 nitrogen and oxygen atoms in total. The van der Waals surface area contributed by atoms with Gasteiger partial charge in [0.15, 0.2) is 5.75 Å². The van der Waals surface area contributed by atoms with Crippen molar-refractivity contribution in [1.82, 2.24) is 9.97 Å². The van der Waals surface area contributed by atoms with Crippen LogP contribution in [-0.4, -0.2) is 37.3 Å². The third-order valence-electron chi connectivity index (χ3n) is 1.45. The van der Waals surface area contributed by atoms with Gasteiger partial charge >= 0.3 is 0 Å². The van der Waals surface area contributed by atoms with Gasteiger partial charge in [0, 0.05) is 13.7 Å². The smallest absolute Gasteiger partial charge is 0.222 e. The minimum atomic E-state index is 0.581. The molecule has 0 amide bonds. The fourth-order valence-electron chi connectivity index (χ4n) is 0.778. The van der Waals surface area contributed by atoms with E-state index in [1.807, 2.05) is 0 Å². The van der Waals surface area contributed by atoms with Gasteiger partial charge < -0.3 is 14.8 Å². The van der Waals surface area contributed by atoms with E-state index in [0.29, 0.717) is 24.8 Å². The number of rotatable bonds is 5. The molecule has 0 bridgehead atoms. The van der Waals surface area contributed by atoms with Gasteiger partial charge in [-0.05, 0) is 0 Å². The van der Waals surface area contributed by atoms with Crippen LogP contribution >= 0.6 is 0 Å². The Bertz CT molecular complexity index is 238. The summed E-state index contributed by atoms with van der Waals surface area (Å²) in [5.74, 6) is 1.23. The lowest BCUT2D eigenvalue weighted by Crippen LogP contribution is -2.09. The molecule has 0 aliphatic rings. The lowest BCUT2D eigenvalue weighted by molar-refractivity contribution is 0.210. The van der Waals surface area contributed by atoms with Crippen LogP contribution in [0.1, 0.15) is 0 Å². The molecule has 5 heteroatoms. The molecular weight excluding hydrogens is 170 g/mol. The van der Waals surface area contributed by atoms with Crippen LogP contribution < -0.4 is 10.1 Å². The van der Waals surface area contributed by atoms with E-state index in [9.17, 15) is 0 Å². The molecular formula is C8H13N3O2. The molecule has 1 aromatic heterocycles. The maximum absolute atomic E-state index is 4.92. The Hall–Kier alpha value is -1.36. The summed E-state index contributed by atoms with van der Waals surface area (Å²) in [5, 5.41) is 2.99. The van der Waals surface area contributed by atoms with Gasteiger partial charge in [0.05, 0.1) is 26.1 Å². The highest BCUT2D eigenvalue weighted by molar-refractivity contribution is 5.26. The van der Waals surface area contributed by atoms with E-state index in [1.54, 1.807) is 26.6 Å². The second-order valence-corrected chi connectivity index (χ2v) is 2.37. The molecule has 0 radical (unpaired) electrons. The average molecular weight is 183 g/mol. The summed E-state index contributed by atoms with van der Waals surface area (Å²) in [7, 11) is 3.23. The van der Waals surface area contributed by atoms with E-state index in [4.69, 9.17) is 9.47 Å². The zero-order valence-electron chi connectivity index (χ0n) is 7.78. The highest BCUT2D eigenvalue weighted by Crippen LogP contribution is 2.06. The van der Waals surface area contributed by atoms with E-state index in [-0.39, 0.29) is 0 Å². The quantitative estimate of drug-likeness (QED) is 0.675. The molecule has 0 unspecified atom stereocenters. The van der Waals surface area contributed by atoms with Gasteiger partial charge in [-0.2, -0.15) is 0 Å². The van der Waals surface area contributed by atoms with Crippen LogP contribution in [0.3, 0.4) is 0 Å². The fraction of sp³-hybridized carbons (Fsp3) is 0.500. The van der Waals surface area contributed by atoms with Crippen LogP contribution in [0.4, 0.5) is 5.95 Å². The molecule has 0 aromatic carbocycles. The van der Waals surface area contributed by atoms with Crippen LogP contribution in [0.2, 0.25) is 0 Å². The maximum Gasteiger partial charge on any atom is 0.222 e. The molecule has 0 atom stereocenters. The van der Waals surface area contributed by atoms with Crippen molar-refractivity contribution in [3.63, 3.8) is 0 Å². The van der Waals surface area contributed by atoms with Crippen LogP contribution in [0.15, 0.2) is 12.4 Å². The summed E-state index contributed by atoms with van der Waals surface area (Å²) in [6.45, 7) is 1.33. The summed E-state index contributed by atoms with van der Waals surface area (Å²) in [5.41, 5.74) is 0. The van der Waals surface area contributed by atoms with Crippen molar-refractivity contribution in [1.29, 1.82) is 0 Å².